The molecule has 0 unspecified atom stereocenters. The second kappa shape index (κ2) is 6.49. The topological polar surface area (TPSA) is 91.6 Å². The summed E-state index contributed by atoms with van der Waals surface area (Å²) in [7, 11) is 0. The molecule has 12 heteroatoms. The minimum Gasteiger partial charge on any atom is -0.462 e. The van der Waals surface area contributed by atoms with Crippen molar-refractivity contribution in [2.45, 2.75) is 19.7 Å². The van der Waals surface area contributed by atoms with Crippen molar-refractivity contribution in [3.63, 3.8) is 0 Å². The Morgan fingerprint density at radius 3 is 2.45 bits per heavy atom. The van der Waals surface area contributed by atoms with Gasteiger partial charge in [-0.3, -0.25) is 10.1 Å². The highest BCUT2D eigenvalue weighted by Crippen LogP contribution is 2.34. The summed E-state index contributed by atoms with van der Waals surface area (Å²) in [6.07, 6.45) is -8.89. The Kier molecular flexibility index (Phi) is 5.17. The van der Waals surface area contributed by atoms with Crippen molar-refractivity contribution in [2.75, 3.05) is 6.61 Å². The number of carbonyl (C=O) groups is 1. The minimum absolute atomic E-state index is 0.202. The number of pyridine rings is 1. The van der Waals surface area contributed by atoms with Crippen LogP contribution in [0.2, 0.25) is 0 Å². The van der Waals surface area contributed by atoms with Crippen LogP contribution in [0.4, 0.5) is 27.6 Å². The summed E-state index contributed by atoms with van der Waals surface area (Å²) >= 11 is 0. The fraction of sp³-hybridized carbons (Fsp3) is 0.400. The number of ether oxygens (including phenoxy) is 2. The first-order valence-corrected chi connectivity index (χ1v) is 5.47. The largest absolute Gasteiger partial charge is 0.574 e. The molecule has 0 N–H and O–H groups in total. The summed E-state index contributed by atoms with van der Waals surface area (Å²) in [6.45, 7) is 1.05. The summed E-state index contributed by atoms with van der Waals surface area (Å²) in [5, 5.41) is 10.7. The van der Waals surface area contributed by atoms with Crippen molar-refractivity contribution in [3.05, 3.63) is 27.4 Å². The molecule has 1 aromatic rings. The van der Waals surface area contributed by atoms with Crippen LogP contribution < -0.4 is 4.74 Å². The molecule has 122 valence electrons. The second-order valence-corrected chi connectivity index (χ2v) is 3.57. The highest BCUT2D eigenvalue weighted by molar-refractivity contribution is 5.92. The van der Waals surface area contributed by atoms with Crippen molar-refractivity contribution in [1.82, 2.24) is 4.98 Å². The van der Waals surface area contributed by atoms with Crippen LogP contribution in [0.3, 0.4) is 0 Å². The number of carbonyl (C=O) groups excluding carboxylic acids is 1. The lowest BCUT2D eigenvalue weighted by molar-refractivity contribution is -0.386. The molecule has 0 amide bonds. The highest BCUT2D eigenvalue weighted by atomic mass is 19.4. The van der Waals surface area contributed by atoms with Crippen LogP contribution in [0.5, 0.6) is 5.88 Å². The van der Waals surface area contributed by atoms with E-state index in [2.05, 4.69) is 14.5 Å². The molecule has 1 rings (SSSR count). The maximum Gasteiger partial charge on any atom is 0.574 e. The van der Waals surface area contributed by atoms with Crippen LogP contribution in [-0.2, 0) is 4.74 Å². The number of esters is 1. The number of hydrogen-bond acceptors (Lipinski definition) is 6. The molecule has 0 atom stereocenters. The fourth-order valence-electron chi connectivity index (χ4n) is 1.35. The van der Waals surface area contributed by atoms with Crippen LogP contribution in [0.1, 0.15) is 29.4 Å². The normalized spacial score (nSPS) is 11.4. The lowest BCUT2D eigenvalue weighted by Gasteiger charge is -2.13. The first kappa shape index (κ1) is 17.5. The third kappa shape index (κ3) is 4.23. The third-order valence-electron chi connectivity index (χ3n) is 2.11. The predicted molar refractivity (Wildman–Crippen MR) is 58.5 cm³/mol. The van der Waals surface area contributed by atoms with E-state index in [0.717, 1.165) is 0 Å². The van der Waals surface area contributed by atoms with Gasteiger partial charge in [0, 0.05) is 6.07 Å². The molecule has 0 aromatic carbocycles. The van der Waals surface area contributed by atoms with Gasteiger partial charge in [0.2, 0.25) is 5.88 Å². The zero-order chi connectivity index (χ0) is 17.1. The number of halogens is 5. The molecule has 0 saturated heterocycles. The summed E-state index contributed by atoms with van der Waals surface area (Å²) < 4.78 is 69.7. The van der Waals surface area contributed by atoms with Crippen LogP contribution in [0, 0.1) is 10.1 Å². The lowest BCUT2D eigenvalue weighted by Crippen LogP contribution is -2.21. The van der Waals surface area contributed by atoms with Crippen molar-refractivity contribution in [1.29, 1.82) is 0 Å². The van der Waals surface area contributed by atoms with E-state index in [4.69, 9.17) is 0 Å². The van der Waals surface area contributed by atoms with Crippen LogP contribution in [0.25, 0.3) is 0 Å². The van der Waals surface area contributed by atoms with Crippen LogP contribution >= 0.6 is 0 Å². The van der Waals surface area contributed by atoms with E-state index in [0.29, 0.717) is 0 Å². The van der Waals surface area contributed by atoms with Crippen molar-refractivity contribution in [3.8, 4) is 5.88 Å². The zero-order valence-electron chi connectivity index (χ0n) is 10.7. The van der Waals surface area contributed by atoms with E-state index in [1.165, 1.54) is 6.92 Å². The second-order valence-electron chi connectivity index (χ2n) is 3.57. The summed E-state index contributed by atoms with van der Waals surface area (Å²) in [5.41, 5.74) is -3.97. The number of hydrogen-bond donors (Lipinski definition) is 0. The Morgan fingerprint density at radius 2 is 2.05 bits per heavy atom. The molecule has 0 fully saturated rings. The molecule has 7 nitrogen and oxygen atoms in total. The van der Waals surface area contributed by atoms with E-state index >= 15 is 0 Å². The van der Waals surface area contributed by atoms with Crippen molar-refractivity contribution >= 4 is 11.7 Å². The number of rotatable bonds is 5. The van der Waals surface area contributed by atoms with Gasteiger partial charge in [0.05, 0.1) is 11.5 Å². The molecule has 22 heavy (non-hydrogen) atoms. The van der Waals surface area contributed by atoms with E-state index in [1.54, 1.807) is 0 Å². The minimum atomic E-state index is -5.34. The monoisotopic (exact) mass is 330 g/mol. The van der Waals surface area contributed by atoms with Crippen molar-refractivity contribution < 1.29 is 41.1 Å². The molecular weight excluding hydrogens is 323 g/mol. The predicted octanol–water partition coefficient (Wildman–Crippen LogP) is 3.00. The van der Waals surface area contributed by atoms with Gasteiger partial charge < -0.3 is 9.47 Å². The number of nitrogens with zero attached hydrogens (tertiary/aromatic N) is 2. The Bertz CT molecular complexity index is 590. The third-order valence-corrected chi connectivity index (χ3v) is 2.11. The van der Waals surface area contributed by atoms with E-state index in [1.807, 2.05) is 0 Å². The maximum atomic E-state index is 12.7. The molecule has 0 aliphatic carbocycles. The van der Waals surface area contributed by atoms with Gasteiger partial charge in [0.15, 0.2) is 5.69 Å². The Hall–Kier alpha value is -2.53. The van der Waals surface area contributed by atoms with E-state index in [-0.39, 0.29) is 12.7 Å². The molecule has 0 bridgehead atoms. The number of nitro groups is 1. The molecule has 1 aromatic heterocycles. The van der Waals surface area contributed by atoms with Gasteiger partial charge >= 0.3 is 12.3 Å². The first-order valence-electron chi connectivity index (χ1n) is 5.47. The van der Waals surface area contributed by atoms with Gasteiger partial charge in [0.1, 0.15) is 5.56 Å². The van der Waals surface area contributed by atoms with Gasteiger partial charge in [-0.25, -0.2) is 18.6 Å². The fourth-order valence-corrected chi connectivity index (χ4v) is 1.35. The average Bonchev–Trinajstić information content (AvgIpc) is 2.36. The lowest BCUT2D eigenvalue weighted by atomic mass is 10.2. The molecule has 0 saturated carbocycles. The zero-order valence-corrected chi connectivity index (χ0v) is 10.7. The van der Waals surface area contributed by atoms with Gasteiger partial charge in [-0.1, -0.05) is 0 Å². The van der Waals surface area contributed by atoms with Gasteiger partial charge in [-0.2, -0.15) is 0 Å². The summed E-state index contributed by atoms with van der Waals surface area (Å²) in [5.74, 6) is -2.98. The van der Waals surface area contributed by atoms with Crippen LogP contribution in [0.15, 0.2) is 6.07 Å². The summed E-state index contributed by atoms with van der Waals surface area (Å²) in [4.78, 5) is 23.6. The highest BCUT2D eigenvalue weighted by Gasteiger charge is 2.37. The van der Waals surface area contributed by atoms with E-state index in [9.17, 15) is 36.9 Å². The molecular formula is C10H7F5N2O5. The molecule has 0 aliphatic rings. The smallest absolute Gasteiger partial charge is 0.462 e. The molecule has 0 spiro atoms. The summed E-state index contributed by atoms with van der Waals surface area (Å²) in [6, 6.07) is 0.202. The Balaban J connectivity index is 3.52. The van der Waals surface area contributed by atoms with Crippen LogP contribution in [-0.4, -0.2) is 28.8 Å². The SMILES string of the molecule is CCOC(=O)c1cc([N+](=O)[O-])c(C(F)F)nc1OC(F)(F)F. The van der Waals surface area contributed by atoms with Gasteiger partial charge in [0.25, 0.3) is 12.1 Å². The first-order chi connectivity index (χ1) is 10.1. The average molecular weight is 330 g/mol. The molecule has 0 radical (unpaired) electrons. The Labute approximate surface area is 118 Å². The Morgan fingerprint density at radius 1 is 1.45 bits per heavy atom. The quantitative estimate of drug-likeness (QED) is 0.357. The maximum absolute atomic E-state index is 12.7. The van der Waals surface area contributed by atoms with Gasteiger partial charge in [-0.05, 0) is 6.92 Å². The molecule has 0 aliphatic heterocycles. The van der Waals surface area contributed by atoms with Crippen molar-refractivity contribution in [2.24, 2.45) is 0 Å². The molecule has 1 heterocycles. The number of aromatic nitrogens is 1. The van der Waals surface area contributed by atoms with Gasteiger partial charge in [-0.15, -0.1) is 13.2 Å². The number of alkyl halides is 5. The van der Waals surface area contributed by atoms with E-state index < -0.39 is 46.5 Å². The standard InChI is InChI=1S/C10H7F5N2O5/c1-2-21-9(18)4-3-5(17(19)20)6(7(11)12)16-8(4)22-10(13,14)15/h3,7H,2H2,1H3.